The second-order valence-electron chi connectivity index (χ2n) is 6.36. The van der Waals surface area contributed by atoms with Crippen molar-refractivity contribution in [1.82, 2.24) is 15.6 Å². The molecular formula is C19H18N4O2. The lowest BCUT2D eigenvalue weighted by molar-refractivity contribution is 0.0935. The maximum atomic E-state index is 12.5. The van der Waals surface area contributed by atoms with E-state index in [1.54, 1.807) is 12.4 Å². The molecule has 1 saturated heterocycles. The maximum absolute atomic E-state index is 12.5. The average molecular weight is 334 g/mol. The van der Waals surface area contributed by atoms with Gasteiger partial charge in [0, 0.05) is 37.5 Å². The highest BCUT2D eigenvalue weighted by atomic mass is 16.5. The largest absolute Gasteiger partial charge is 0.493 e. The normalized spacial score (nSPS) is 21.2. The summed E-state index contributed by atoms with van der Waals surface area (Å²) in [4.78, 5) is 16.7. The van der Waals surface area contributed by atoms with Crippen LogP contribution in [-0.4, -0.2) is 36.6 Å². The van der Waals surface area contributed by atoms with E-state index in [0.717, 1.165) is 29.9 Å². The Balaban J connectivity index is 1.55. The van der Waals surface area contributed by atoms with Crippen LogP contribution in [-0.2, 0) is 6.42 Å². The molecule has 126 valence electrons. The fourth-order valence-electron chi connectivity index (χ4n) is 3.31. The van der Waals surface area contributed by atoms with Gasteiger partial charge in [-0.15, -0.1) is 0 Å². The molecule has 2 aromatic rings. The molecule has 0 aliphatic carbocycles. The number of amides is 1. The van der Waals surface area contributed by atoms with Crippen LogP contribution in [0.25, 0.3) is 11.1 Å². The molecule has 25 heavy (non-hydrogen) atoms. The molecule has 0 bridgehead atoms. The molecule has 2 unspecified atom stereocenters. The first-order chi connectivity index (χ1) is 12.2. The molecule has 2 aliphatic rings. The predicted octanol–water partition coefficient (Wildman–Crippen LogP) is 1.52. The number of pyridine rings is 1. The number of nitriles is 1. The van der Waals surface area contributed by atoms with Gasteiger partial charge in [0.05, 0.1) is 30.2 Å². The number of nitrogens with zero attached hydrogens (tertiary/aromatic N) is 2. The fourth-order valence-corrected chi connectivity index (χ4v) is 3.31. The van der Waals surface area contributed by atoms with Gasteiger partial charge in [-0.05, 0) is 29.3 Å². The highest BCUT2D eigenvalue weighted by molar-refractivity contribution is 5.95. The van der Waals surface area contributed by atoms with E-state index in [2.05, 4.69) is 27.8 Å². The van der Waals surface area contributed by atoms with Crippen molar-refractivity contribution in [2.24, 2.45) is 5.92 Å². The molecule has 0 radical (unpaired) electrons. The summed E-state index contributed by atoms with van der Waals surface area (Å²) < 4.78 is 5.53. The van der Waals surface area contributed by atoms with Crippen molar-refractivity contribution in [3.63, 3.8) is 0 Å². The molecule has 2 N–H and O–H groups in total. The van der Waals surface area contributed by atoms with Crippen LogP contribution in [0.15, 0.2) is 36.7 Å². The number of nitrogens with one attached hydrogen (secondary N) is 2. The number of rotatable bonds is 3. The standard InChI is InChI=1S/C19H18N4O2/c20-7-16-10-22-11-17(16)23-19(24)15-6-14(8-21-9-15)12-1-2-18-13(5-12)3-4-25-18/h1-2,5-6,8-9,16-17,22H,3-4,10-11H2,(H,23,24). The summed E-state index contributed by atoms with van der Waals surface area (Å²) in [6.07, 6.45) is 4.21. The first-order valence-electron chi connectivity index (χ1n) is 8.37. The SMILES string of the molecule is N#CC1CNCC1NC(=O)c1cncc(-c2ccc3c(c2)CCO3)c1. The molecule has 6 heteroatoms. The molecule has 2 aliphatic heterocycles. The van der Waals surface area contributed by atoms with Gasteiger partial charge < -0.3 is 15.4 Å². The number of ether oxygens (including phenoxy) is 1. The summed E-state index contributed by atoms with van der Waals surface area (Å²) in [5, 5.41) is 15.2. The van der Waals surface area contributed by atoms with Gasteiger partial charge >= 0.3 is 0 Å². The van der Waals surface area contributed by atoms with Gasteiger partial charge in [0.25, 0.3) is 5.91 Å². The van der Waals surface area contributed by atoms with Crippen molar-refractivity contribution in [3.05, 3.63) is 47.8 Å². The third-order valence-electron chi connectivity index (χ3n) is 4.72. The van der Waals surface area contributed by atoms with E-state index in [9.17, 15) is 4.79 Å². The molecule has 6 nitrogen and oxygen atoms in total. The zero-order chi connectivity index (χ0) is 17.2. The molecule has 1 aromatic heterocycles. The van der Waals surface area contributed by atoms with E-state index >= 15 is 0 Å². The summed E-state index contributed by atoms with van der Waals surface area (Å²) in [5.74, 6) is 0.534. The third-order valence-corrected chi connectivity index (χ3v) is 4.72. The molecule has 4 rings (SSSR count). The van der Waals surface area contributed by atoms with Crippen molar-refractivity contribution >= 4 is 5.91 Å². The lowest BCUT2D eigenvalue weighted by Crippen LogP contribution is -2.40. The van der Waals surface area contributed by atoms with Gasteiger partial charge in [0.1, 0.15) is 5.75 Å². The summed E-state index contributed by atoms with van der Waals surface area (Å²) in [5.41, 5.74) is 3.59. The Morgan fingerprint density at radius 1 is 1.28 bits per heavy atom. The monoisotopic (exact) mass is 334 g/mol. The Morgan fingerprint density at radius 3 is 3.08 bits per heavy atom. The quantitative estimate of drug-likeness (QED) is 0.889. The van der Waals surface area contributed by atoms with Crippen LogP contribution in [0.1, 0.15) is 15.9 Å². The number of hydrogen-bond acceptors (Lipinski definition) is 5. The summed E-state index contributed by atoms with van der Waals surface area (Å²) in [7, 11) is 0. The van der Waals surface area contributed by atoms with Gasteiger partial charge in [-0.1, -0.05) is 6.07 Å². The molecule has 0 saturated carbocycles. The first-order valence-corrected chi connectivity index (χ1v) is 8.37. The Labute approximate surface area is 145 Å². The third kappa shape index (κ3) is 3.06. The van der Waals surface area contributed by atoms with Crippen LogP contribution in [0.4, 0.5) is 0 Å². The van der Waals surface area contributed by atoms with Gasteiger partial charge in [0.15, 0.2) is 0 Å². The van der Waals surface area contributed by atoms with Crippen molar-refractivity contribution in [2.45, 2.75) is 12.5 Å². The van der Waals surface area contributed by atoms with Gasteiger partial charge in [-0.2, -0.15) is 5.26 Å². The van der Waals surface area contributed by atoms with E-state index in [1.165, 1.54) is 5.56 Å². The van der Waals surface area contributed by atoms with E-state index in [0.29, 0.717) is 18.7 Å². The number of benzene rings is 1. The zero-order valence-electron chi connectivity index (χ0n) is 13.7. The van der Waals surface area contributed by atoms with Crippen molar-refractivity contribution in [1.29, 1.82) is 5.26 Å². The van der Waals surface area contributed by atoms with Crippen LogP contribution < -0.4 is 15.4 Å². The number of fused-ring (bicyclic) bond motifs is 1. The Kier molecular flexibility index (Phi) is 4.08. The smallest absolute Gasteiger partial charge is 0.253 e. The first kappa shape index (κ1) is 15.6. The van der Waals surface area contributed by atoms with E-state index < -0.39 is 0 Å². The maximum Gasteiger partial charge on any atom is 0.253 e. The molecule has 1 fully saturated rings. The lowest BCUT2D eigenvalue weighted by Gasteiger charge is -2.15. The highest BCUT2D eigenvalue weighted by Crippen LogP contribution is 2.30. The van der Waals surface area contributed by atoms with Crippen molar-refractivity contribution in [2.75, 3.05) is 19.7 Å². The minimum absolute atomic E-state index is 0.168. The van der Waals surface area contributed by atoms with Gasteiger partial charge in [0.2, 0.25) is 0 Å². The summed E-state index contributed by atoms with van der Waals surface area (Å²) in [6.45, 7) is 1.94. The number of hydrogen-bond donors (Lipinski definition) is 2. The van der Waals surface area contributed by atoms with Crippen LogP contribution in [0, 0.1) is 17.2 Å². The highest BCUT2D eigenvalue weighted by Gasteiger charge is 2.28. The predicted molar refractivity (Wildman–Crippen MR) is 92.1 cm³/mol. The van der Waals surface area contributed by atoms with Crippen molar-refractivity contribution in [3.8, 4) is 22.9 Å². The van der Waals surface area contributed by atoms with Crippen LogP contribution in [0.3, 0.4) is 0 Å². The lowest BCUT2D eigenvalue weighted by atomic mass is 10.0. The van der Waals surface area contributed by atoms with E-state index in [1.807, 2.05) is 18.2 Å². The fraction of sp³-hybridized carbons (Fsp3) is 0.316. The van der Waals surface area contributed by atoms with Crippen LogP contribution >= 0.6 is 0 Å². The second-order valence-corrected chi connectivity index (χ2v) is 6.36. The van der Waals surface area contributed by atoms with E-state index in [4.69, 9.17) is 10.00 Å². The Bertz CT molecular complexity index is 859. The second kappa shape index (κ2) is 6.54. The number of carbonyl (C=O) groups excluding carboxylic acids is 1. The average Bonchev–Trinajstić information content (AvgIpc) is 3.29. The molecular weight excluding hydrogens is 316 g/mol. The zero-order valence-corrected chi connectivity index (χ0v) is 13.7. The summed E-state index contributed by atoms with van der Waals surface area (Å²) in [6, 6.07) is 9.93. The number of carbonyl (C=O) groups is 1. The van der Waals surface area contributed by atoms with Crippen molar-refractivity contribution < 1.29 is 9.53 Å². The summed E-state index contributed by atoms with van der Waals surface area (Å²) >= 11 is 0. The topological polar surface area (TPSA) is 87.0 Å². The van der Waals surface area contributed by atoms with Gasteiger partial charge in [-0.3, -0.25) is 9.78 Å². The van der Waals surface area contributed by atoms with Gasteiger partial charge in [-0.25, -0.2) is 0 Å². The molecule has 0 spiro atoms. The number of aromatic nitrogens is 1. The Hall–Kier alpha value is -2.91. The van der Waals surface area contributed by atoms with E-state index in [-0.39, 0.29) is 17.9 Å². The molecule has 3 heterocycles. The van der Waals surface area contributed by atoms with Crippen LogP contribution in [0.2, 0.25) is 0 Å². The minimum atomic E-state index is -0.201. The molecule has 1 aromatic carbocycles. The van der Waals surface area contributed by atoms with Crippen LogP contribution in [0.5, 0.6) is 5.75 Å². The molecule has 2 atom stereocenters. The Morgan fingerprint density at radius 2 is 2.20 bits per heavy atom. The minimum Gasteiger partial charge on any atom is -0.493 e. The molecule has 1 amide bonds.